The number of carbonyl (C=O) groups is 2. The fraction of sp³-hybridized carbons (Fsp3) is 0.300. The van der Waals surface area contributed by atoms with Crippen LogP contribution in [0.15, 0.2) is 42.5 Å². The minimum absolute atomic E-state index is 0.00341. The molecule has 2 aromatic rings. The number of carbonyl (C=O) groups excluding carboxylic acids is 1. The molecule has 0 aromatic heterocycles. The number of aliphatic carboxylic acids is 1. The van der Waals surface area contributed by atoms with Gasteiger partial charge in [0.2, 0.25) is 5.91 Å². The van der Waals surface area contributed by atoms with Crippen LogP contribution in [0, 0.1) is 0 Å². The number of rotatable bonds is 8. The monoisotopic (exact) mass is 391 g/mol. The summed E-state index contributed by atoms with van der Waals surface area (Å²) >= 11 is 6.07. The van der Waals surface area contributed by atoms with E-state index in [0.29, 0.717) is 22.6 Å². The highest BCUT2D eigenvalue weighted by Gasteiger charge is 2.23. The van der Waals surface area contributed by atoms with Crippen LogP contribution >= 0.6 is 11.6 Å². The Kier molecular flexibility index (Phi) is 7.07. The molecule has 0 fully saturated rings. The summed E-state index contributed by atoms with van der Waals surface area (Å²) in [5.41, 5.74) is 1.04. The summed E-state index contributed by atoms with van der Waals surface area (Å²) in [5, 5.41) is 12.3. The Labute approximate surface area is 163 Å². The number of halogens is 1. The quantitative estimate of drug-likeness (QED) is 0.717. The van der Waals surface area contributed by atoms with Crippen molar-refractivity contribution in [1.82, 2.24) is 5.32 Å². The van der Waals surface area contributed by atoms with Gasteiger partial charge in [-0.1, -0.05) is 35.9 Å². The van der Waals surface area contributed by atoms with Gasteiger partial charge in [0.1, 0.15) is 11.5 Å². The minimum Gasteiger partial charge on any atom is -0.495 e. The molecule has 144 valence electrons. The van der Waals surface area contributed by atoms with Crippen molar-refractivity contribution in [3.05, 3.63) is 58.6 Å². The van der Waals surface area contributed by atoms with Gasteiger partial charge in [-0.2, -0.15) is 0 Å². The molecule has 1 amide bonds. The first kappa shape index (κ1) is 20.6. The van der Waals surface area contributed by atoms with Crippen LogP contribution in [0.1, 0.15) is 31.0 Å². The molecule has 0 aliphatic carbocycles. The molecule has 0 aliphatic rings. The number of para-hydroxylation sites is 1. The average Bonchev–Trinajstić information content (AvgIpc) is 2.60. The first-order valence-corrected chi connectivity index (χ1v) is 8.79. The van der Waals surface area contributed by atoms with Gasteiger partial charge < -0.3 is 19.9 Å². The summed E-state index contributed by atoms with van der Waals surface area (Å²) in [5.74, 6) is -0.594. The van der Waals surface area contributed by atoms with Crippen LogP contribution in [0.4, 0.5) is 0 Å². The molecule has 6 nitrogen and oxygen atoms in total. The van der Waals surface area contributed by atoms with Crippen molar-refractivity contribution >= 4 is 23.5 Å². The van der Waals surface area contributed by atoms with Gasteiger partial charge in [-0.3, -0.25) is 4.79 Å². The lowest BCUT2D eigenvalue weighted by Gasteiger charge is -2.17. The van der Waals surface area contributed by atoms with E-state index in [1.54, 1.807) is 30.3 Å². The zero-order valence-electron chi connectivity index (χ0n) is 15.4. The van der Waals surface area contributed by atoms with Crippen molar-refractivity contribution in [3.8, 4) is 11.5 Å². The van der Waals surface area contributed by atoms with E-state index in [-0.39, 0.29) is 17.5 Å². The number of carboxylic acid groups (broad SMARTS) is 1. The Hall–Kier alpha value is -2.73. The largest absolute Gasteiger partial charge is 0.495 e. The summed E-state index contributed by atoms with van der Waals surface area (Å²) in [7, 11) is 1.47. The molecule has 0 saturated heterocycles. The molecule has 0 radical (unpaired) electrons. The predicted molar refractivity (Wildman–Crippen MR) is 102 cm³/mol. The molecule has 0 bridgehead atoms. The Balaban J connectivity index is 2.17. The number of benzene rings is 2. The molecule has 7 heteroatoms. The van der Waals surface area contributed by atoms with Crippen LogP contribution in [0.3, 0.4) is 0 Å². The highest BCUT2D eigenvalue weighted by atomic mass is 35.5. The van der Waals surface area contributed by atoms with E-state index < -0.39 is 17.9 Å². The molecule has 0 heterocycles. The maximum absolute atomic E-state index is 12.5. The second-order valence-corrected chi connectivity index (χ2v) is 6.59. The number of carboxylic acids is 1. The number of amides is 1. The SMILES string of the molecule is COc1ccc(C(NC(=O)Cc2ccccc2OC(C)C)C(=O)O)cc1Cl. The zero-order valence-corrected chi connectivity index (χ0v) is 16.1. The van der Waals surface area contributed by atoms with Gasteiger partial charge in [-0.25, -0.2) is 4.79 Å². The van der Waals surface area contributed by atoms with Gasteiger partial charge in [-0.15, -0.1) is 0 Å². The van der Waals surface area contributed by atoms with E-state index in [1.165, 1.54) is 13.2 Å². The lowest BCUT2D eigenvalue weighted by molar-refractivity contribution is -0.141. The summed E-state index contributed by atoms with van der Waals surface area (Å²) < 4.78 is 10.8. The van der Waals surface area contributed by atoms with Gasteiger partial charge in [0.15, 0.2) is 6.04 Å². The van der Waals surface area contributed by atoms with Crippen molar-refractivity contribution in [2.45, 2.75) is 32.4 Å². The van der Waals surface area contributed by atoms with Crippen molar-refractivity contribution in [2.24, 2.45) is 0 Å². The van der Waals surface area contributed by atoms with Crippen LogP contribution in [0.2, 0.25) is 5.02 Å². The van der Waals surface area contributed by atoms with E-state index in [0.717, 1.165) is 0 Å². The van der Waals surface area contributed by atoms with Crippen LogP contribution < -0.4 is 14.8 Å². The number of hydrogen-bond acceptors (Lipinski definition) is 4. The lowest BCUT2D eigenvalue weighted by atomic mass is 10.1. The molecule has 2 rings (SSSR count). The van der Waals surface area contributed by atoms with Crippen LogP contribution in [-0.2, 0) is 16.0 Å². The number of methoxy groups -OCH3 is 1. The van der Waals surface area contributed by atoms with Gasteiger partial charge in [0.05, 0.1) is 24.7 Å². The van der Waals surface area contributed by atoms with Gasteiger partial charge in [0.25, 0.3) is 0 Å². The molecule has 2 N–H and O–H groups in total. The Morgan fingerprint density at radius 2 is 1.85 bits per heavy atom. The third-order valence-corrected chi connectivity index (χ3v) is 4.04. The van der Waals surface area contributed by atoms with E-state index in [2.05, 4.69) is 5.32 Å². The number of nitrogens with one attached hydrogen (secondary N) is 1. The molecule has 1 unspecified atom stereocenters. The van der Waals surface area contributed by atoms with Gasteiger partial charge in [-0.05, 0) is 37.6 Å². The van der Waals surface area contributed by atoms with Crippen molar-refractivity contribution in [2.75, 3.05) is 7.11 Å². The summed E-state index contributed by atoms with van der Waals surface area (Å²) in [6, 6.07) is 10.5. The average molecular weight is 392 g/mol. The third kappa shape index (κ3) is 5.62. The fourth-order valence-corrected chi connectivity index (χ4v) is 2.82. The third-order valence-electron chi connectivity index (χ3n) is 3.75. The molecule has 1 atom stereocenters. The van der Waals surface area contributed by atoms with Crippen molar-refractivity contribution in [1.29, 1.82) is 0 Å². The number of ether oxygens (including phenoxy) is 2. The topological polar surface area (TPSA) is 84.9 Å². The van der Waals surface area contributed by atoms with Crippen molar-refractivity contribution < 1.29 is 24.2 Å². The highest BCUT2D eigenvalue weighted by molar-refractivity contribution is 6.32. The van der Waals surface area contributed by atoms with Gasteiger partial charge >= 0.3 is 5.97 Å². The maximum Gasteiger partial charge on any atom is 0.330 e. The van der Waals surface area contributed by atoms with E-state index >= 15 is 0 Å². The molecule has 0 aliphatic heterocycles. The van der Waals surface area contributed by atoms with Crippen molar-refractivity contribution in [3.63, 3.8) is 0 Å². The molecular formula is C20H22ClNO5. The molecule has 2 aromatic carbocycles. The first-order valence-electron chi connectivity index (χ1n) is 8.42. The first-order chi connectivity index (χ1) is 12.8. The Morgan fingerprint density at radius 1 is 1.15 bits per heavy atom. The molecular weight excluding hydrogens is 370 g/mol. The normalized spacial score (nSPS) is 11.7. The molecule has 0 spiro atoms. The standard InChI is InChI=1S/C20H22ClNO5/c1-12(2)27-16-7-5-4-6-13(16)11-18(23)22-19(20(24)25)14-8-9-17(26-3)15(21)10-14/h4-10,12,19H,11H2,1-3H3,(H,22,23)(H,24,25). The molecule has 0 saturated carbocycles. The number of hydrogen-bond donors (Lipinski definition) is 2. The van der Waals surface area contributed by atoms with Crippen LogP contribution in [-0.4, -0.2) is 30.2 Å². The van der Waals surface area contributed by atoms with Crippen LogP contribution in [0.25, 0.3) is 0 Å². The Bertz CT molecular complexity index is 822. The fourth-order valence-electron chi connectivity index (χ4n) is 2.55. The molecule has 27 heavy (non-hydrogen) atoms. The van der Waals surface area contributed by atoms with E-state index in [4.69, 9.17) is 21.1 Å². The maximum atomic E-state index is 12.5. The lowest BCUT2D eigenvalue weighted by Crippen LogP contribution is -2.34. The Morgan fingerprint density at radius 3 is 2.44 bits per heavy atom. The predicted octanol–water partition coefficient (Wildman–Crippen LogP) is 3.62. The van der Waals surface area contributed by atoms with Gasteiger partial charge in [0, 0.05) is 5.56 Å². The van der Waals surface area contributed by atoms with Crippen LogP contribution in [0.5, 0.6) is 11.5 Å². The summed E-state index contributed by atoms with van der Waals surface area (Å²) in [6.07, 6.45) is -0.0428. The second kappa shape index (κ2) is 9.28. The second-order valence-electron chi connectivity index (χ2n) is 6.18. The highest BCUT2D eigenvalue weighted by Crippen LogP contribution is 2.28. The minimum atomic E-state index is -1.22. The summed E-state index contributed by atoms with van der Waals surface area (Å²) in [4.78, 5) is 24.1. The van der Waals surface area contributed by atoms with E-state index in [9.17, 15) is 14.7 Å². The van der Waals surface area contributed by atoms with E-state index in [1.807, 2.05) is 19.9 Å². The summed E-state index contributed by atoms with van der Waals surface area (Å²) in [6.45, 7) is 3.79. The zero-order chi connectivity index (χ0) is 20.0. The smallest absolute Gasteiger partial charge is 0.330 e.